The second kappa shape index (κ2) is 3.28. The van der Waals surface area contributed by atoms with Crippen molar-refractivity contribution in [1.82, 2.24) is 0 Å². The Labute approximate surface area is 80.2 Å². The summed E-state index contributed by atoms with van der Waals surface area (Å²) in [5.74, 6) is 0.950. The van der Waals surface area contributed by atoms with Gasteiger partial charge in [0.25, 0.3) is 0 Å². The molecule has 2 atom stereocenters. The maximum atomic E-state index is 12.1. The highest BCUT2D eigenvalue weighted by Gasteiger charge is 2.45. The monoisotopic (exact) mass is 178 g/mol. The molecule has 0 heterocycles. The molecular weight excluding hydrogens is 160 g/mol. The number of rotatable bonds is 1. The summed E-state index contributed by atoms with van der Waals surface area (Å²) in [4.78, 5) is 12.1. The van der Waals surface area contributed by atoms with Crippen molar-refractivity contribution in [2.75, 3.05) is 0 Å². The fourth-order valence-electron chi connectivity index (χ4n) is 2.87. The van der Waals surface area contributed by atoms with Crippen LogP contribution in [0.5, 0.6) is 0 Å². The molecule has 0 saturated heterocycles. The Bertz CT molecular complexity index is 242. The highest BCUT2D eigenvalue weighted by atomic mass is 16.1. The summed E-state index contributed by atoms with van der Waals surface area (Å²) in [6.07, 6.45) is 11.0. The van der Waals surface area contributed by atoms with Gasteiger partial charge in [-0.25, -0.2) is 0 Å². The van der Waals surface area contributed by atoms with Crippen molar-refractivity contribution in [1.29, 1.82) is 0 Å². The molecule has 1 fully saturated rings. The summed E-state index contributed by atoms with van der Waals surface area (Å²) in [5, 5.41) is 0. The Morgan fingerprint density at radius 2 is 2.31 bits per heavy atom. The molecule has 0 amide bonds. The zero-order valence-electron chi connectivity index (χ0n) is 8.38. The van der Waals surface area contributed by atoms with E-state index in [0.29, 0.717) is 11.7 Å². The first-order chi connectivity index (χ1) is 6.28. The molecule has 2 aliphatic carbocycles. The second-order valence-corrected chi connectivity index (χ2v) is 4.50. The molecule has 0 aromatic heterocycles. The summed E-state index contributed by atoms with van der Waals surface area (Å²) in [6.45, 7) is 2.14. The largest absolute Gasteiger partial charge is 0.299 e. The average molecular weight is 178 g/mol. The van der Waals surface area contributed by atoms with Crippen LogP contribution >= 0.6 is 0 Å². The molecule has 0 aromatic carbocycles. The van der Waals surface area contributed by atoms with Gasteiger partial charge in [0.15, 0.2) is 0 Å². The van der Waals surface area contributed by atoms with Crippen molar-refractivity contribution in [2.45, 2.75) is 45.4 Å². The summed E-state index contributed by atoms with van der Waals surface area (Å²) >= 11 is 0. The van der Waals surface area contributed by atoms with Gasteiger partial charge in [-0.15, -0.1) is 0 Å². The normalized spacial score (nSPS) is 38.8. The topological polar surface area (TPSA) is 17.1 Å². The van der Waals surface area contributed by atoms with E-state index in [1.165, 1.54) is 0 Å². The lowest BCUT2D eigenvalue weighted by Gasteiger charge is -2.28. The Morgan fingerprint density at radius 1 is 1.46 bits per heavy atom. The third kappa shape index (κ3) is 1.34. The molecule has 0 radical (unpaired) electrons. The Morgan fingerprint density at radius 3 is 2.85 bits per heavy atom. The third-order valence-corrected chi connectivity index (χ3v) is 3.82. The maximum absolute atomic E-state index is 12.1. The molecule has 2 rings (SSSR count). The Hall–Kier alpha value is -0.590. The van der Waals surface area contributed by atoms with Crippen LogP contribution in [0.4, 0.5) is 0 Å². The molecule has 0 bridgehead atoms. The SMILES string of the molecule is CCC1CCC2(CC=CCC2)C1=O. The fourth-order valence-corrected chi connectivity index (χ4v) is 2.87. The van der Waals surface area contributed by atoms with Gasteiger partial charge in [-0.2, -0.15) is 0 Å². The van der Waals surface area contributed by atoms with E-state index in [9.17, 15) is 4.79 Å². The minimum atomic E-state index is 0.0788. The van der Waals surface area contributed by atoms with Crippen LogP contribution in [0, 0.1) is 11.3 Å². The molecule has 2 unspecified atom stereocenters. The fraction of sp³-hybridized carbons (Fsp3) is 0.750. The first-order valence-corrected chi connectivity index (χ1v) is 5.48. The quantitative estimate of drug-likeness (QED) is 0.564. The van der Waals surface area contributed by atoms with E-state index in [2.05, 4.69) is 19.1 Å². The molecule has 1 saturated carbocycles. The first-order valence-electron chi connectivity index (χ1n) is 5.48. The molecule has 1 spiro atoms. The minimum absolute atomic E-state index is 0.0788. The van der Waals surface area contributed by atoms with Crippen molar-refractivity contribution in [2.24, 2.45) is 11.3 Å². The molecule has 1 nitrogen and oxygen atoms in total. The summed E-state index contributed by atoms with van der Waals surface area (Å²) in [7, 11) is 0. The molecule has 72 valence electrons. The summed E-state index contributed by atoms with van der Waals surface area (Å²) in [5.41, 5.74) is 0.0788. The van der Waals surface area contributed by atoms with Crippen molar-refractivity contribution in [3.05, 3.63) is 12.2 Å². The van der Waals surface area contributed by atoms with Gasteiger partial charge in [-0.3, -0.25) is 4.79 Å². The molecule has 0 N–H and O–H groups in total. The van der Waals surface area contributed by atoms with Crippen LogP contribution in [0.25, 0.3) is 0 Å². The van der Waals surface area contributed by atoms with Crippen molar-refractivity contribution < 1.29 is 4.79 Å². The van der Waals surface area contributed by atoms with Gasteiger partial charge in [-0.05, 0) is 38.5 Å². The van der Waals surface area contributed by atoms with Gasteiger partial charge >= 0.3 is 0 Å². The van der Waals surface area contributed by atoms with E-state index in [1.54, 1.807) is 0 Å². The predicted octanol–water partition coefficient (Wildman–Crippen LogP) is 3.10. The highest BCUT2D eigenvalue weighted by Crippen LogP contribution is 2.47. The van der Waals surface area contributed by atoms with Gasteiger partial charge in [0.05, 0.1) is 0 Å². The smallest absolute Gasteiger partial charge is 0.142 e. The number of ketones is 1. The van der Waals surface area contributed by atoms with Gasteiger partial charge in [0.1, 0.15) is 5.78 Å². The predicted molar refractivity (Wildman–Crippen MR) is 53.4 cm³/mol. The first kappa shape index (κ1) is 8.98. The van der Waals surface area contributed by atoms with Crippen LogP contribution in [0.1, 0.15) is 45.4 Å². The van der Waals surface area contributed by atoms with E-state index in [1.807, 2.05) is 0 Å². The molecular formula is C12H18O. The number of carbonyl (C=O) groups is 1. The van der Waals surface area contributed by atoms with Crippen LogP contribution in [0.3, 0.4) is 0 Å². The third-order valence-electron chi connectivity index (χ3n) is 3.82. The van der Waals surface area contributed by atoms with Crippen LogP contribution in [-0.4, -0.2) is 5.78 Å². The molecule has 2 aliphatic rings. The lowest BCUT2D eigenvalue weighted by atomic mass is 9.74. The van der Waals surface area contributed by atoms with Crippen LogP contribution in [0.2, 0.25) is 0 Å². The average Bonchev–Trinajstić information content (AvgIpc) is 2.47. The zero-order chi connectivity index (χ0) is 9.31. The van der Waals surface area contributed by atoms with Crippen LogP contribution in [0.15, 0.2) is 12.2 Å². The van der Waals surface area contributed by atoms with E-state index < -0.39 is 0 Å². The van der Waals surface area contributed by atoms with Gasteiger partial charge in [0.2, 0.25) is 0 Å². The molecule has 1 heteroatoms. The lowest BCUT2D eigenvalue weighted by Crippen LogP contribution is -2.29. The lowest BCUT2D eigenvalue weighted by molar-refractivity contribution is -0.129. The molecule has 0 aliphatic heterocycles. The van der Waals surface area contributed by atoms with Crippen molar-refractivity contribution in [3.8, 4) is 0 Å². The van der Waals surface area contributed by atoms with Crippen LogP contribution in [-0.2, 0) is 4.79 Å². The number of Topliss-reactive ketones (excluding diaryl/α,β-unsaturated/α-hetero) is 1. The Kier molecular flexibility index (Phi) is 2.27. The second-order valence-electron chi connectivity index (χ2n) is 4.50. The van der Waals surface area contributed by atoms with Crippen molar-refractivity contribution in [3.63, 3.8) is 0 Å². The van der Waals surface area contributed by atoms with Gasteiger partial charge < -0.3 is 0 Å². The minimum Gasteiger partial charge on any atom is -0.299 e. The van der Waals surface area contributed by atoms with Crippen molar-refractivity contribution >= 4 is 5.78 Å². The molecule has 0 aromatic rings. The van der Waals surface area contributed by atoms with E-state index in [4.69, 9.17) is 0 Å². The van der Waals surface area contributed by atoms with E-state index in [0.717, 1.165) is 38.5 Å². The number of hydrogen-bond acceptors (Lipinski definition) is 1. The standard InChI is InChI=1S/C12H18O/c1-2-10-6-9-12(11(10)13)7-4-3-5-8-12/h3-4,10H,2,5-9H2,1H3. The molecule has 13 heavy (non-hydrogen) atoms. The van der Waals surface area contributed by atoms with Crippen LogP contribution < -0.4 is 0 Å². The number of allylic oxidation sites excluding steroid dienone is 2. The Balaban J connectivity index is 2.16. The van der Waals surface area contributed by atoms with Gasteiger partial charge in [-0.1, -0.05) is 19.1 Å². The number of carbonyl (C=O) groups excluding carboxylic acids is 1. The van der Waals surface area contributed by atoms with E-state index >= 15 is 0 Å². The maximum Gasteiger partial charge on any atom is 0.142 e. The summed E-state index contributed by atoms with van der Waals surface area (Å²) < 4.78 is 0. The van der Waals surface area contributed by atoms with E-state index in [-0.39, 0.29) is 5.41 Å². The highest BCUT2D eigenvalue weighted by molar-refractivity contribution is 5.89. The van der Waals surface area contributed by atoms with Gasteiger partial charge in [0, 0.05) is 11.3 Å². The summed E-state index contributed by atoms with van der Waals surface area (Å²) in [6, 6.07) is 0. The number of hydrogen-bond donors (Lipinski definition) is 0. The zero-order valence-corrected chi connectivity index (χ0v) is 8.38.